The Morgan fingerprint density at radius 1 is 1.36 bits per heavy atom. The summed E-state index contributed by atoms with van der Waals surface area (Å²) in [6.07, 6.45) is -0.429. The number of ether oxygens (including phenoxy) is 1. The Labute approximate surface area is 63.3 Å². The first-order valence-electron chi connectivity index (χ1n) is 3.09. The summed E-state index contributed by atoms with van der Waals surface area (Å²) < 4.78 is 4.72. The number of amides is 4. The lowest BCUT2D eigenvalue weighted by atomic mass is 10.5. The minimum absolute atomic E-state index is 0.263. The van der Waals surface area contributed by atoms with Crippen molar-refractivity contribution in [3.63, 3.8) is 0 Å². The van der Waals surface area contributed by atoms with Crippen molar-refractivity contribution in [3.8, 4) is 0 Å². The smallest absolute Gasteiger partial charge is 0.324 e. The van der Waals surface area contributed by atoms with E-state index >= 15 is 0 Å². The molecule has 11 heavy (non-hydrogen) atoms. The second-order valence-electron chi connectivity index (χ2n) is 2.08. The van der Waals surface area contributed by atoms with Crippen molar-refractivity contribution in [1.82, 2.24) is 16.0 Å². The molecule has 0 atom stereocenters. The first-order valence-corrected chi connectivity index (χ1v) is 3.09. The Balaban J connectivity index is 2.43. The zero-order valence-electron chi connectivity index (χ0n) is 6.01. The lowest BCUT2D eigenvalue weighted by molar-refractivity contribution is 0.146. The van der Waals surface area contributed by atoms with Crippen LogP contribution in [0.15, 0.2) is 0 Å². The van der Waals surface area contributed by atoms with Crippen LogP contribution >= 0.6 is 0 Å². The van der Waals surface area contributed by atoms with Gasteiger partial charge in [-0.3, -0.25) is 5.32 Å². The molecule has 6 nitrogen and oxygen atoms in total. The number of carbonyl (C=O) groups is 2. The third-order valence-corrected chi connectivity index (χ3v) is 1.17. The summed E-state index contributed by atoms with van der Waals surface area (Å²) in [6.45, 7) is 0.263. The summed E-state index contributed by atoms with van der Waals surface area (Å²) in [5, 5.41) is 6.89. The van der Waals surface area contributed by atoms with E-state index in [-0.39, 0.29) is 6.61 Å². The molecule has 1 fully saturated rings. The van der Waals surface area contributed by atoms with Gasteiger partial charge >= 0.3 is 12.1 Å². The highest BCUT2D eigenvalue weighted by atomic mass is 16.5. The van der Waals surface area contributed by atoms with Crippen molar-refractivity contribution in [2.75, 3.05) is 13.7 Å². The Morgan fingerprint density at radius 2 is 1.91 bits per heavy atom. The molecule has 1 aliphatic heterocycles. The van der Waals surface area contributed by atoms with Crippen LogP contribution in [0.25, 0.3) is 0 Å². The molecule has 1 rings (SSSR count). The van der Waals surface area contributed by atoms with E-state index in [1.807, 2.05) is 5.32 Å². The third-order valence-electron chi connectivity index (χ3n) is 1.17. The van der Waals surface area contributed by atoms with E-state index in [0.29, 0.717) is 0 Å². The zero-order chi connectivity index (χ0) is 8.27. The van der Waals surface area contributed by atoms with Gasteiger partial charge in [-0.2, -0.15) is 0 Å². The first-order chi connectivity index (χ1) is 5.22. The lowest BCUT2D eigenvalue weighted by Gasteiger charge is -2.23. The molecule has 4 amide bonds. The van der Waals surface area contributed by atoms with Gasteiger partial charge in [0, 0.05) is 7.11 Å². The fourth-order valence-corrected chi connectivity index (χ4v) is 0.778. The minimum atomic E-state index is -0.504. The topological polar surface area (TPSA) is 79.5 Å². The summed E-state index contributed by atoms with van der Waals surface area (Å²) >= 11 is 0. The standard InChI is InChI=1S/C5H9N3O3/c1-11-2-3-6-4(9)8-5(10)7-3/h3H,2H2,1H3,(H3,6,7,8,9,10). The van der Waals surface area contributed by atoms with Gasteiger partial charge in [0.2, 0.25) is 0 Å². The van der Waals surface area contributed by atoms with Crippen molar-refractivity contribution in [2.24, 2.45) is 0 Å². The summed E-state index contributed by atoms with van der Waals surface area (Å²) in [5.41, 5.74) is 0. The predicted molar refractivity (Wildman–Crippen MR) is 35.9 cm³/mol. The van der Waals surface area contributed by atoms with Crippen molar-refractivity contribution in [2.45, 2.75) is 6.17 Å². The largest absolute Gasteiger partial charge is 0.381 e. The molecule has 62 valence electrons. The Hall–Kier alpha value is -1.30. The van der Waals surface area contributed by atoms with Gasteiger partial charge in [0.1, 0.15) is 6.17 Å². The Kier molecular flexibility index (Phi) is 2.27. The number of nitrogens with one attached hydrogen (secondary N) is 3. The van der Waals surface area contributed by atoms with E-state index in [4.69, 9.17) is 4.74 Å². The molecule has 3 N–H and O–H groups in total. The maximum Gasteiger partial charge on any atom is 0.324 e. The SMILES string of the molecule is COCC1NC(=O)NC(=O)N1. The van der Waals surface area contributed by atoms with Crippen molar-refractivity contribution >= 4 is 12.1 Å². The lowest BCUT2D eigenvalue weighted by Crippen LogP contribution is -2.63. The van der Waals surface area contributed by atoms with Crippen LogP contribution in [0.2, 0.25) is 0 Å². The van der Waals surface area contributed by atoms with Crippen LogP contribution in [-0.4, -0.2) is 31.9 Å². The fourth-order valence-electron chi connectivity index (χ4n) is 0.778. The molecular formula is C5H9N3O3. The van der Waals surface area contributed by atoms with Crippen molar-refractivity contribution in [3.05, 3.63) is 0 Å². The van der Waals surface area contributed by atoms with Gasteiger partial charge in [0.05, 0.1) is 6.61 Å². The van der Waals surface area contributed by atoms with E-state index in [1.165, 1.54) is 7.11 Å². The molecule has 0 aliphatic carbocycles. The minimum Gasteiger partial charge on any atom is -0.381 e. The second kappa shape index (κ2) is 3.20. The van der Waals surface area contributed by atoms with Crippen LogP contribution in [0.1, 0.15) is 0 Å². The molecule has 6 heteroatoms. The van der Waals surface area contributed by atoms with E-state index in [2.05, 4.69) is 10.6 Å². The summed E-state index contributed by atoms with van der Waals surface area (Å²) in [7, 11) is 1.49. The molecule has 0 spiro atoms. The normalized spacial score (nSPS) is 18.6. The maximum absolute atomic E-state index is 10.6. The van der Waals surface area contributed by atoms with Gasteiger partial charge < -0.3 is 15.4 Å². The van der Waals surface area contributed by atoms with Crippen molar-refractivity contribution < 1.29 is 14.3 Å². The highest BCUT2D eigenvalue weighted by molar-refractivity contribution is 5.95. The van der Waals surface area contributed by atoms with Crippen LogP contribution in [0.4, 0.5) is 9.59 Å². The monoisotopic (exact) mass is 159 g/mol. The fraction of sp³-hybridized carbons (Fsp3) is 0.600. The number of hydrogen-bond acceptors (Lipinski definition) is 3. The number of carbonyl (C=O) groups excluding carboxylic acids is 2. The molecule has 0 aromatic rings. The molecule has 0 saturated carbocycles. The van der Waals surface area contributed by atoms with Crippen LogP contribution in [0, 0.1) is 0 Å². The van der Waals surface area contributed by atoms with E-state index < -0.39 is 18.2 Å². The van der Waals surface area contributed by atoms with Gasteiger partial charge in [0.25, 0.3) is 0 Å². The average Bonchev–Trinajstić information content (AvgIpc) is 1.85. The van der Waals surface area contributed by atoms with E-state index in [1.54, 1.807) is 0 Å². The molecule has 1 heterocycles. The average molecular weight is 159 g/mol. The number of methoxy groups -OCH3 is 1. The maximum atomic E-state index is 10.6. The Bertz CT molecular complexity index is 166. The van der Waals surface area contributed by atoms with Gasteiger partial charge in [-0.25, -0.2) is 9.59 Å². The van der Waals surface area contributed by atoms with Gasteiger partial charge in [-0.05, 0) is 0 Å². The quantitative estimate of drug-likeness (QED) is 0.482. The third kappa shape index (κ3) is 2.08. The number of hydrogen-bond donors (Lipinski definition) is 3. The number of rotatable bonds is 2. The van der Waals surface area contributed by atoms with Gasteiger partial charge in [-0.1, -0.05) is 0 Å². The van der Waals surface area contributed by atoms with E-state index in [0.717, 1.165) is 0 Å². The summed E-state index contributed by atoms with van der Waals surface area (Å²) in [4.78, 5) is 21.2. The molecular weight excluding hydrogens is 150 g/mol. The zero-order valence-corrected chi connectivity index (χ0v) is 6.01. The first kappa shape index (κ1) is 7.80. The molecule has 0 aromatic heterocycles. The molecule has 0 unspecified atom stereocenters. The van der Waals surface area contributed by atoms with Crippen LogP contribution in [-0.2, 0) is 4.74 Å². The molecule has 1 aliphatic rings. The van der Waals surface area contributed by atoms with Gasteiger partial charge in [-0.15, -0.1) is 0 Å². The van der Waals surface area contributed by atoms with Crippen LogP contribution in [0.3, 0.4) is 0 Å². The van der Waals surface area contributed by atoms with Crippen molar-refractivity contribution in [1.29, 1.82) is 0 Å². The number of imide groups is 1. The number of urea groups is 2. The highest BCUT2D eigenvalue weighted by Gasteiger charge is 2.21. The predicted octanol–water partition coefficient (Wildman–Crippen LogP) is -1.02. The Morgan fingerprint density at radius 3 is 2.36 bits per heavy atom. The van der Waals surface area contributed by atoms with Gasteiger partial charge in [0.15, 0.2) is 0 Å². The summed E-state index contributed by atoms with van der Waals surface area (Å²) in [6, 6.07) is -1.01. The van der Waals surface area contributed by atoms with Crippen LogP contribution < -0.4 is 16.0 Å². The van der Waals surface area contributed by atoms with E-state index in [9.17, 15) is 9.59 Å². The van der Waals surface area contributed by atoms with Crippen LogP contribution in [0.5, 0.6) is 0 Å². The molecule has 0 aromatic carbocycles. The molecule has 0 radical (unpaired) electrons. The molecule has 1 saturated heterocycles. The second-order valence-corrected chi connectivity index (χ2v) is 2.08. The summed E-state index contributed by atoms with van der Waals surface area (Å²) in [5.74, 6) is 0. The molecule has 0 bridgehead atoms. The highest BCUT2D eigenvalue weighted by Crippen LogP contribution is 1.85.